The second-order valence-corrected chi connectivity index (χ2v) is 13.5. The molecule has 0 fully saturated rings. The molecule has 11 heteroatoms. The lowest BCUT2D eigenvalue weighted by Gasteiger charge is -2.38. The number of nitrogens with zero attached hydrogens (tertiary/aromatic N) is 2. The number of para-hydroxylation sites is 2. The Morgan fingerprint density at radius 1 is 0.962 bits per heavy atom. The first kappa shape index (κ1) is 36.1. The van der Waals surface area contributed by atoms with Crippen molar-refractivity contribution in [2.75, 3.05) is 6.54 Å². The van der Waals surface area contributed by atoms with E-state index in [-0.39, 0.29) is 37.1 Å². The van der Waals surface area contributed by atoms with Gasteiger partial charge in [-0.1, -0.05) is 66.7 Å². The molecule has 52 heavy (non-hydrogen) atoms. The number of nitrogens with two attached hydrogens (primary N) is 1. The fraction of sp³-hybridized carbons (Fsp3) is 0.317. The largest absolute Gasteiger partial charge is 0.508 e. The normalized spacial score (nSPS) is 15.1. The number of hydrogen-bond acceptors (Lipinski definition) is 7. The second kappa shape index (κ2) is 16.6. The van der Waals surface area contributed by atoms with Crippen LogP contribution in [0.5, 0.6) is 5.75 Å². The van der Waals surface area contributed by atoms with Crippen molar-refractivity contribution in [1.82, 2.24) is 25.5 Å². The number of aromatic nitrogens is 2. The summed E-state index contributed by atoms with van der Waals surface area (Å²) in [5.74, 6) is 0.181. The number of benzene rings is 4. The summed E-state index contributed by atoms with van der Waals surface area (Å²) in [6, 6.07) is 26.2. The standard InChI is InChI=1S/C41H46N6O5/c1-26-20-31(48)21-27(2)32(26)23-33(42)40(50)47-24-30-15-7-6-14-29(30)22-37(47)39(49)46-36(38-44-34-16-8-9-17-35(34)45-38)18-10-11-19-43-41(51)52-25-28-12-4-3-5-13-28/h3-9,12-17,20-21,33,36-37,48H,10-11,18-19,22-25,42H2,1-2H3,(H,43,51)(H,44,45)(H,46,49)/t33?,36-,37?/m0/s1. The lowest BCUT2D eigenvalue weighted by atomic mass is 9.91. The van der Waals surface area contributed by atoms with Crippen molar-refractivity contribution in [3.05, 3.63) is 130 Å². The van der Waals surface area contributed by atoms with E-state index in [9.17, 15) is 19.5 Å². The lowest BCUT2D eigenvalue weighted by Crippen LogP contribution is -2.57. The van der Waals surface area contributed by atoms with Gasteiger partial charge in [0.05, 0.1) is 23.1 Å². The molecular formula is C41H46N6O5. The molecule has 2 heterocycles. The summed E-state index contributed by atoms with van der Waals surface area (Å²) in [6.45, 7) is 4.64. The quantitative estimate of drug-likeness (QED) is 0.0989. The van der Waals surface area contributed by atoms with Crippen LogP contribution in [0.25, 0.3) is 11.0 Å². The number of unbranched alkanes of at least 4 members (excludes halogenated alkanes) is 1. The van der Waals surface area contributed by atoms with Gasteiger partial charge in [0.1, 0.15) is 24.2 Å². The first-order valence-electron chi connectivity index (χ1n) is 17.8. The van der Waals surface area contributed by atoms with Gasteiger partial charge in [0.2, 0.25) is 11.8 Å². The molecule has 11 nitrogen and oxygen atoms in total. The number of carbonyl (C=O) groups excluding carboxylic acids is 3. The number of carbonyl (C=O) groups is 3. The Morgan fingerprint density at radius 3 is 2.40 bits per heavy atom. The molecule has 5 aromatic rings. The molecule has 0 saturated heterocycles. The molecule has 1 aromatic heterocycles. The van der Waals surface area contributed by atoms with E-state index in [4.69, 9.17) is 15.5 Å². The molecule has 6 N–H and O–H groups in total. The topological polar surface area (TPSA) is 163 Å². The van der Waals surface area contributed by atoms with Crippen molar-refractivity contribution < 1.29 is 24.2 Å². The number of imidazole rings is 1. The first-order chi connectivity index (χ1) is 25.2. The Bertz CT molecular complexity index is 1970. The Kier molecular flexibility index (Phi) is 11.5. The second-order valence-electron chi connectivity index (χ2n) is 13.5. The Morgan fingerprint density at radius 2 is 1.65 bits per heavy atom. The van der Waals surface area contributed by atoms with Crippen LogP contribution in [-0.4, -0.2) is 56.5 Å². The molecular weight excluding hydrogens is 656 g/mol. The summed E-state index contributed by atoms with van der Waals surface area (Å²) < 4.78 is 5.33. The molecule has 3 atom stereocenters. The summed E-state index contributed by atoms with van der Waals surface area (Å²) in [5.41, 5.74) is 13.8. The number of aryl methyl sites for hydroxylation is 2. The molecule has 3 amide bonds. The number of fused-ring (bicyclic) bond motifs is 2. The molecule has 1 aliphatic rings. The first-order valence-corrected chi connectivity index (χ1v) is 17.8. The van der Waals surface area contributed by atoms with Crippen molar-refractivity contribution in [1.29, 1.82) is 0 Å². The number of aromatic hydroxyl groups is 1. The number of ether oxygens (including phenoxy) is 1. The Labute approximate surface area is 303 Å². The van der Waals surface area contributed by atoms with Gasteiger partial charge in [-0.15, -0.1) is 0 Å². The monoisotopic (exact) mass is 702 g/mol. The molecule has 6 rings (SSSR count). The third kappa shape index (κ3) is 8.78. The van der Waals surface area contributed by atoms with Crippen molar-refractivity contribution in [2.24, 2.45) is 5.73 Å². The number of alkyl carbamates (subject to hydrolysis) is 1. The van der Waals surface area contributed by atoms with Crippen LogP contribution in [-0.2, 0) is 40.3 Å². The molecule has 0 radical (unpaired) electrons. The van der Waals surface area contributed by atoms with E-state index in [1.807, 2.05) is 92.7 Å². The Balaban J connectivity index is 1.15. The van der Waals surface area contributed by atoms with Gasteiger partial charge in [-0.3, -0.25) is 9.59 Å². The van der Waals surface area contributed by atoms with E-state index in [2.05, 4.69) is 15.6 Å². The van der Waals surface area contributed by atoms with E-state index in [0.717, 1.165) is 44.4 Å². The van der Waals surface area contributed by atoms with Gasteiger partial charge in [-0.25, -0.2) is 9.78 Å². The van der Waals surface area contributed by atoms with Gasteiger partial charge >= 0.3 is 6.09 Å². The fourth-order valence-electron chi connectivity index (χ4n) is 6.92. The Hall–Kier alpha value is -5.68. The van der Waals surface area contributed by atoms with Crippen LogP contribution < -0.4 is 16.4 Å². The number of nitrogens with one attached hydrogen (secondary N) is 3. The third-order valence-electron chi connectivity index (χ3n) is 9.71. The summed E-state index contributed by atoms with van der Waals surface area (Å²) in [5, 5.41) is 16.1. The molecule has 1 aliphatic heterocycles. The number of aromatic amines is 1. The highest BCUT2D eigenvalue weighted by atomic mass is 16.5. The summed E-state index contributed by atoms with van der Waals surface area (Å²) in [4.78, 5) is 50.5. The smallest absolute Gasteiger partial charge is 0.407 e. The van der Waals surface area contributed by atoms with Gasteiger partial charge in [0, 0.05) is 19.5 Å². The molecule has 0 aliphatic carbocycles. The van der Waals surface area contributed by atoms with Crippen molar-refractivity contribution in [3.8, 4) is 5.75 Å². The minimum absolute atomic E-state index is 0.166. The van der Waals surface area contributed by atoms with Gasteiger partial charge in [-0.2, -0.15) is 0 Å². The minimum atomic E-state index is -0.888. The number of phenols is 1. The van der Waals surface area contributed by atoms with Gasteiger partial charge in [0.25, 0.3) is 0 Å². The number of H-pyrrole nitrogens is 1. The predicted octanol–water partition coefficient (Wildman–Crippen LogP) is 5.66. The minimum Gasteiger partial charge on any atom is -0.508 e. The molecule has 0 bridgehead atoms. The zero-order valence-corrected chi connectivity index (χ0v) is 29.6. The van der Waals surface area contributed by atoms with Crippen molar-refractivity contribution in [2.45, 2.75) is 77.2 Å². The van der Waals surface area contributed by atoms with E-state index >= 15 is 0 Å². The maximum atomic E-state index is 14.3. The SMILES string of the molecule is Cc1cc(O)cc(C)c1CC(N)C(=O)N1Cc2ccccc2CC1C(=O)N[C@@H](CCCCNC(=O)OCc1ccccc1)c1nc2ccccc2[nH]1. The van der Waals surface area contributed by atoms with Crippen LogP contribution in [0.15, 0.2) is 91.0 Å². The van der Waals surface area contributed by atoms with Crippen LogP contribution in [0.2, 0.25) is 0 Å². The van der Waals surface area contributed by atoms with Crippen molar-refractivity contribution >= 4 is 28.9 Å². The average molecular weight is 703 g/mol. The lowest BCUT2D eigenvalue weighted by molar-refractivity contribution is -0.143. The highest BCUT2D eigenvalue weighted by Gasteiger charge is 2.37. The zero-order chi connectivity index (χ0) is 36.6. The van der Waals surface area contributed by atoms with E-state index < -0.39 is 24.2 Å². The highest BCUT2D eigenvalue weighted by Crippen LogP contribution is 2.28. The zero-order valence-electron chi connectivity index (χ0n) is 29.6. The predicted molar refractivity (Wildman–Crippen MR) is 199 cm³/mol. The summed E-state index contributed by atoms with van der Waals surface area (Å²) in [6.07, 6.45) is 2.01. The average Bonchev–Trinajstić information content (AvgIpc) is 3.58. The summed E-state index contributed by atoms with van der Waals surface area (Å²) >= 11 is 0. The van der Waals surface area contributed by atoms with Crippen LogP contribution in [0.4, 0.5) is 4.79 Å². The van der Waals surface area contributed by atoms with Gasteiger partial charge < -0.3 is 36.1 Å². The van der Waals surface area contributed by atoms with E-state index in [1.54, 1.807) is 17.0 Å². The van der Waals surface area contributed by atoms with E-state index in [0.29, 0.717) is 38.1 Å². The van der Waals surface area contributed by atoms with Crippen LogP contribution in [0.1, 0.15) is 64.5 Å². The van der Waals surface area contributed by atoms with Crippen LogP contribution in [0.3, 0.4) is 0 Å². The molecule has 4 aromatic carbocycles. The number of amides is 3. The molecule has 270 valence electrons. The van der Waals surface area contributed by atoms with E-state index in [1.165, 1.54) is 0 Å². The number of rotatable bonds is 13. The van der Waals surface area contributed by atoms with Gasteiger partial charge in [-0.05, 0) is 97.2 Å². The molecule has 2 unspecified atom stereocenters. The van der Waals surface area contributed by atoms with Crippen molar-refractivity contribution in [3.63, 3.8) is 0 Å². The number of phenolic OH excluding ortho intramolecular Hbond substituents is 1. The maximum Gasteiger partial charge on any atom is 0.407 e. The third-order valence-corrected chi connectivity index (χ3v) is 9.71. The highest BCUT2D eigenvalue weighted by molar-refractivity contribution is 5.91. The maximum absolute atomic E-state index is 14.3. The molecule has 0 saturated carbocycles. The number of hydrogen-bond donors (Lipinski definition) is 5. The molecule has 0 spiro atoms. The fourth-order valence-corrected chi connectivity index (χ4v) is 6.92. The van der Waals surface area contributed by atoms with Crippen LogP contribution >= 0.6 is 0 Å². The summed E-state index contributed by atoms with van der Waals surface area (Å²) in [7, 11) is 0. The van der Waals surface area contributed by atoms with Crippen LogP contribution in [0, 0.1) is 13.8 Å². The van der Waals surface area contributed by atoms with Gasteiger partial charge in [0.15, 0.2) is 0 Å².